The quantitative estimate of drug-likeness (QED) is 0.0213. The van der Waals surface area contributed by atoms with Crippen LogP contribution in [0.25, 0.3) is 0 Å². The summed E-state index contributed by atoms with van der Waals surface area (Å²) in [6, 6.07) is 53.8. The minimum Gasteiger partial charge on any atom is -1.00 e. The minimum atomic E-state index is -0.807. The van der Waals surface area contributed by atoms with Crippen molar-refractivity contribution in [3.05, 3.63) is 216 Å². The van der Waals surface area contributed by atoms with Crippen LogP contribution in [-0.4, -0.2) is 294 Å². The Morgan fingerprint density at radius 1 is 0.417 bits per heavy atom. The van der Waals surface area contributed by atoms with Gasteiger partial charge in [-0.15, -0.1) is 24.8 Å². The molecule has 0 aliphatic carbocycles. The first-order chi connectivity index (χ1) is 60.8. The molecule has 25 heteroatoms. The normalized spacial score (nSPS) is 14.1. The summed E-state index contributed by atoms with van der Waals surface area (Å²) in [6.07, 6.45) is 9.19. The molecule has 132 heavy (non-hydrogen) atoms. The van der Waals surface area contributed by atoms with E-state index in [1.54, 1.807) is 87.0 Å². The van der Waals surface area contributed by atoms with Gasteiger partial charge in [0.05, 0.1) is 61.5 Å². The Morgan fingerprint density at radius 3 is 0.924 bits per heavy atom. The van der Waals surface area contributed by atoms with Crippen molar-refractivity contribution in [1.29, 1.82) is 0 Å². The standard InChI is InChI=1S/C15H25NO2.2C15H25NO.3C13H19NO2.C10H12O2.C5H10O.C4H8O.C2H7N.C2H5.3ClH.Mg/c1-6-15(17,12(2)11-16(3)4)13-8-7-9-14(10-13)18-5;2*1-6-15(12(2)11-16(3)4)13-8-7-9-14(10-13)17-5;3*1-10(9-14(2)3)13(15)11-6-5-7-12(8-11)16-4;1-3-10(11)8-5-4-6-9(7-8)12-2;1-5-3-2-4-6-5;1-2-4-5-3-1;1-3-2;1-2;;;;/h7-10,12,17H,6,11H2,1-5H3;2*7-10,12,15H,6,11H2,1-5H3;3*5-8,10H,9H2,1-4H3;4-7H,3H2,1-2H3;5H,2-4H2,1H3;1-4H2;3H,1-2H3;1H2,2H3;3*1H;/q;;;;;;;;;;-1;;;;+2/p-1/t3*12-,15+;2*10-;;;;;;;;;;/m00000........../s1. The molecule has 10 atom stereocenters. The first kappa shape index (κ1) is 136. The molecular weight excluding hydrogens is 1740 g/mol. The number of aliphatic hydroxyl groups is 1. The Bertz CT molecular complexity index is 3800. The molecule has 7 aromatic rings. The van der Waals surface area contributed by atoms with Crippen LogP contribution in [0.4, 0.5) is 0 Å². The van der Waals surface area contributed by atoms with Crippen LogP contribution < -0.4 is 50.9 Å². The molecule has 7 aromatic carbocycles. The fourth-order valence-electron chi connectivity index (χ4n) is 14.8. The van der Waals surface area contributed by atoms with Gasteiger partial charge in [0.1, 0.15) is 40.2 Å². The molecule has 0 bridgehead atoms. The second-order valence-electron chi connectivity index (χ2n) is 34.2. The zero-order valence-electron chi connectivity index (χ0n) is 87.4. The fourth-order valence-corrected chi connectivity index (χ4v) is 14.8. The van der Waals surface area contributed by atoms with E-state index in [1.807, 2.05) is 223 Å². The van der Waals surface area contributed by atoms with E-state index in [1.165, 1.54) is 49.7 Å². The van der Waals surface area contributed by atoms with Gasteiger partial charge in [0.25, 0.3) is 0 Å². The number of methoxy groups -OCH3 is 7. The number of nitrogens with zero attached hydrogens (tertiary/aromatic N) is 6. The Hall–Kier alpha value is -6.94. The van der Waals surface area contributed by atoms with E-state index in [9.17, 15) is 24.3 Å². The summed E-state index contributed by atoms with van der Waals surface area (Å²) >= 11 is 0. The molecule has 2 fully saturated rings. The first-order valence-electron chi connectivity index (χ1n) is 45.5. The molecule has 2 aliphatic rings. The van der Waals surface area contributed by atoms with Gasteiger partial charge in [-0.2, -0.15) is 6.92 Å². The molecule has 21 nitrogen and oxygen atoms in total. The van der Waals surface area contributed by atoms with E-state index < -0.39 is 5.60 Å². The van der Waals surface area contributed by atoms with Gasteiger partial charge in [0, 0.05) is 111 Å². The molecule has 2 unspecified atom stereocenters. The van der Waals surface area contributed by atoms with Crippen molar-refractivity contribution in [2.24, 2.45) is 35.5 Å². The van der Waals surface area contributed by atoms with E-state index in [-0.39, 0.29) is 107 Å². The molecule has 746 valence electrons. The van der Waals surface area contributed by atoms with Crippen LogP contribution in [0.2, 0.25) is 0 Å². The maximum atomic E-state index is 12.1. The van der Waals surface area contributed by atoms with Crippen LogP contribution in [0.15, 0.2) is 170 Å². The number of carbonyl (C=O) groups is 4. The van der Waals surface area contributed by atoms with E-state index in [0.717, 1.165) is 110 Å². The largest absolute Gasteiger partial charge is 2.00 e. The molecule has 0 spiro atoms. The van der Waals surface area contributed by atoms with Gasteiger partial charge in [-0.1, -0.05) is 154 Å². The molecule has 9 rings (SSSR count). The summed E-state index contributed by atoms with van der Waals surface area (Å²) in [6.45, 7) is 36.4. The van der Waals surface area contributed by atoms with Crippen LogP contribution in [0.1, 0.15) is 204 Å². The number of halogens is 3. The summed E-state index contributed by atoms with van der Waals surface area (Å²) in [7, 11) is 39.6. The van der Waals surface area contributed by atoms with Crippen LogP contribution in [0.5, 0.6) is 40.2 Å². The molecule has 0 saturated carbocycles. The third-order valence-corrected chi connectivity index (χ3v) is 21.2. The number of hydrogen-bond acceptors (Lipinski definition) is 21. The number of ether oxygens (including phenoxy) is 9. The maximum Gasteiger partial charge on any atom is 2.00 e. The zero-order chi connectivity index (χ0) is 97.4. The van der Waals surface area contributed by atoms with E-state index in [0.29, 0.717) is 59.3 Å². The molecule has 2 N–H and O–H groups in total. The number of rotatable bonds is 36. The second kappa shape index (κ2) is 80.2. The van der Waals surface area contributed by atoms with E-state index in [2.05, 4.69) is 133 Å². The fraction of sp³-hybridized carbons (Fsp3) is 0.561. The van der Waals surface area contributed by atoms with Crippen molar-refractivity contribution in [3.8, 4) is 40.2 Å². The molecule has 0 radical (unpaired) electrons. The number of ketones is 4. The monoisotopic (exact) mass is 1910 g/mol. The minimum absolute atomic E-state index is 0. The Kier molecular flexibility index (Phi) is 82.5. The molecule has 2 aliphatic heterocycles. The van der Waals surface area contributed by atoms with E-state index >= 15 is 0 Å². The van der Waals surface area contributed by atoms with Crippen molar-refractivity contribution in [2.75, 3.05) is 208 Å². The molecule has 2 saturated heterocycles. The average molecular weight is 1920 g/mol. The van der Waals surface area contributed by atoms with Crippen LogP contribution >= 0.6 is 24.8 Å². The third-order valence-electron chi connectivity index (χ3n) is 21.2. The molecule has 0 aromatic heterocycles. The number of Topliss-reactive ketones (excluding diaryl/α,β-unsaturated/α-hetero) is 4. The third kappa shape index (κ3) is 57.8. The van der Waals surface area contributed by atoms with E-state index in [4.69, 9.17) is 42.6 Å². The van der Waals surface area contributed by atoms with Gasteiger partial charge in [-0.25, -0.2) is 0 Å². The number of hydrogen-bond donors (Lipinski definition) is 2. The summed E-state index contributed by atoms with van der Waals surface area (Å²) < 4.78 is 46.2. The smallest absolute Gasteiger partial charge is 1.00 e. The summed E-state index contributed by atoms with van der Waals surface area (Å²) in [5.41, 5.74) is 5.77. The zero-order valence-corrected chi connectivity index (χ0v) is 91.2. The molecular formula is C107H176Cl3MgN7O14. The molecule has 0 amide bonds. The number of carbonyl (C=O) groups excluding carboxylic acids is 4. The van der Waals surface area contributed by atoms with Crippen molar-refractivity contribution in [3.63, 3.8) is 0 Å². The van der Waals surface area contributed by atoms with Crippen LogP contribution in [0, 0.1) is 42.4 Å². The van der Waals surface area contributed by atoms with Gasteiger partial charge < -0.3 is 102 Å². The molecule has 2 heterocycles. The summed E-state index contributed by atoms with van der Waals surface area (Å²) in [5, 5.41) is 13.7. The summed E-state index contributed by atoms with van der Waals surface area (Å²) in [5.74, 6) is 8.91. The number of benzene rings is 7. The predicted octanol–water partition coefficient (Wildman–Crippen LogP) is 17.9. The van der Waals surface area contributed by atoms with Crippen molar-refractivity contribution < 1.29 is 79.3 Å². The van der Waals surface area contributed by atoms with Gasteiger partial charge in [0.15, 0.2) is 23.1 Å². The summed E-state index contributed by atoms with van der Waals surface area (Å²) in [4.78, 5) is 60.1. The topological polar surface area (TPSA) is 203 Å². The van der Waals surface area contributed by atoms with Crippen molar-refractivity contribution in [1.82, 2.24) is 34.7 Å². The average Bonchev–Trinajstić information content (AvgIpc) is 0.909. The Balaban J connectivity index is -0.000000339. The van der Waals surface area contributed by atoms with Crippen LogP contribution in [-0.2, 0) is 15.1 Å². The predicted molar refractivity (Wildman–Crippen MR) is 556 cm³/mol. The van der Waals surface area contributed by atoms with Crippen molar-refractivity contribution >= 4 is 71.0 Å². The van der Waals surface area contributed by atoms with Gasteiger partial charge in [-0.3, -0.25) is 19.2 Å². The maximum absolute atomic E-state index is 12.1. The Labute approximate surface area is 836 Å². The Morgan fingerprint density at radius 2 is 0.689 bits per heavy atom. The first-order valence-corrected chi connectivity index (χ1v) is 45.5. The van der Waals surface area contributed by atoms with Crippen LogP contribution in [0.3, 0.4) is 0 Å². The van der Waals surface area contributed by atoms with Crippen molar-refractivity contribution in [2.45, 2.75) is 158 Å². The van der Waals surface area contributed by atoms with Gasteiger partial charge in [0.2, 0.25) is 0 Å². The second-order valence-corrected chi connectivity index (χ2v) is 34.2. The number of nitrogens with one attached hydrogen (secondary N) is 1. The van der Waals surface area contributed by atoms with Gasteiger partial charge in [-0.05, 0) is 276 Å². The van der Waals surface area contributed by atoms with Gasteiger partial charge >= 0.3 is 23.1 Å². The SMILES string of the molecule is C1CCOC1.CC1CCCO1.CCC(=O)c1cccc(OC)c1.CC[C@@H](c1cccc(OC)c1)[C@@H](C)CN(C)C.CC[C@@H](c1cccc(OC)c1)[C@@H](C)CN(C)C.CC[C@](O)(c1cccc(OC)c1)[C@@H](C)CN(C)C.CNC.COc1cccc(C(=O)C(C)CN(C)C)c1.COc1cccc(C(=O)[C@@H](C)CN(C)C)c1.COc1cccc(C(=O)[C@@H](C)CN(C)C)c1.Cl.Cl.[CH2-]C.[Cl-].[Mg+2].